The standard InChI is InChI=1S/C12H10BrFN2OS/c13-7-4-6-9(5-8(7)14)15-11(16-12(6)17)10-2-1-3-18-10/h4-5,10H,1-3H2,(H,15,16,17). The van der Waals surface area contributed by atoms with Gasteiger partial charge in [0.1, 0.15) is 11.6 Å². The molecule has 1 aliphatic heterocycles. The van der Waals surface area contributed by atoms with Gasteiger partial charge in [-0.2, -0.15) is 11.8 Å². The number of nitrogens with zero attached hydrogens (tertiary/aromatic N) is 1. The molecule has 1 N–H and O–H groups in total. The number of aromatic nitrogens is 2. The van der Waals surface area contributed by atoms with Crippen LogP contribution < -0.4 is 5.56 Å². The van der Waals surface area contributed by atoms with E-state index >= 15 is 0 Å². The monoisotopic (exact) mass is 328 g/mol. The van der Waals surface area contributed by atoms with Crippen LogP contribution in [0.5, 0.6) is 0 Å². The molecule has 0 spiro atoms. The molecule has 1 atom stereocenters. The molecule has 1 aromatic carbocycles. The molecule has 1 aliphatic rings. The molecular formula is C12H10BrFN2OS. The van der Waals surface area contributed by atoms with Crippen molar-refractivity contribution >= 4 is 38.6 Å². The number of rotatable bonds is 1. The van der Waals surface area contributed by atoms with Crippen molar-refractivity contribution in [2.45, 2.75) is 18.1 Å². The molecule has 2 heterocycles. The first-order chi connectivity index (χ1) is 8.65. The molecule has 1 saturated heterocycles. The second kappa shape index (κ2) is 4.66. The molecule has 1 unspecified atom stereocenters. The number of hydrogen-bond donors (Lipinski definition) is 1. The third kappa shape index (κ3) is 2.07. The van der Waals surface area contributed by atoms with E-state index < -0.39 is 5.82 Å². The summed E-state index contributed by atoms with van der Waals surface area (Å²) < 4.78 is 13.8. The molecule has 18 heavy (non-hydrogen) atoms. The summed E-state index contributed by atoms with van der Waals surface area (Å²) in [7, 11) is 0. The van der Waals surface area contributed by atoms with Crippen LogP contribution in [0.2, 0.25) is 0 Å². The number of halogens is 2. The van der Waals surface area contributed by atoms with Crippen LogP contribution in [0.15, 0.2) is 21.4 Å². The third-order valence-corrected chi connectivity index (χ3v) is 4.99. The van der Waals surface area contributed by atoms with Gasteiger partial charge in [0, 0.05) is 6.07 Å². The highest BCUT2D eigenvalue weighted by Crippen LogP contribution is 2.38. The van der Waals surface area contributed by atoms with E-state index in [-0.39, 0.29) is 15.3 Å². The van der Waals surface area contributed by atoms with Gasteiger partial charge < -0.3 is 4.98 Å². The van der Waals surface area contributed by atoms with Gasteiger partial charge in [0.2, 0.25) is 0 Å². The molecule has 6 heteroatoms. The van der Waals surface area contributed by atoms with Gasteiger partial charge in [0.25, 0.3) is 5.56 Å². The van der Waals surface area contributed by atoms with Gasteiger partial charge in [-0.15, -0.1) is 0 Å². The summed E-state index contributed by atoms with van der Waals surface area (Å²) in [5.41, 5.74) is 0.213. The number of nitrogens with one attached hydrogen (secondary N) is 1. The van der Waals surface area contributed by atoms with Crippen LogP contribution in [0.1, 0.15) is 23.9 Å². The second-order valence-corrected chi connectivity index (χ2v) is 6.40. The first-order valence-corrected chi connectivity index (χ1v) is 7.50. The number of aromatic amines is 1. The number of fused-ring (bicyclic) bond motifs is 1. The van der Waals surface area contributed by atoms with Crippen LogP contribution in [-0.2, 0) is 0 Å². The van der Waals surface area contributed by atoms with Gasteiger partial charge >= 0.3 is 0 Å². The number of H-pyrrole nitrogens is 1. The van der Waals surface area contributed by atoms with Crippen molar-refractivity contribution in [3.63, 3.8) is 0 Å². The Morgan fingerprint density at radius 2 is 2.33 bits per heavy atom. The van der Waals surface area contributed by atoms with Crippen molar-refractivity contribution in [1.29, 1.82) is 0 Å². The predicted octanol–water partition coefficient (Wildman–Crippen LogP) is 3.39. The van der Waals surface area contributed by atoms with E-state index in [1.54, 1.807) is 11.8 Å². The van der Waals surface area contributed by atoms with Crippen molar-refractivity contribution in [2.75, 3.05) is 5.75 Å². The van der Waals surface area contributed by atoms with E-state index in [9.17, 15) is 9.18 Å². The Labute approximate surface area is 115 Å². The van der Waals surface area contributed by atoms with E-state index in [2.05, 4.69) is 25.9 Å². The topological polar surface area (TPSA) is 45.8 Å². The maximum absolute atomic E-state index is 13.5. The molecule has 1 aromatic heterocycles. The number of thioether (sulfide) groups is 1. The lowest BCUT2D eigenvalue weighted by atomic mass is 10.2. The minimum Gasteiger partial charge on any atom is -0.309 e. The van der Waals surface area contributed by atoms with Crippen LogP contribution >= 0.6 is 27.7 Å². The van der Waals surface area contributed by atoms with Crippen molar-refractivity contribution in [3.8, 4) is 0 Å². The van der Waals surface area contributed by atoms with Crippen LogP contribution in [0.3, 0.4) is 0 Å². The lowest BCUT2D eigenvalue weighted by molar-refractivity contribution is 0.622. The van der Waals surface area contributed by atoms with Gasteiger partial charge in [-0.25, -0.2) is 9.37 Å². The fourth-order valence-electron chi connectivity index (χ4n) is 2.10. The van der Waals surface area contributed by atoms with Gasteiger partial charge in [-0.05, 0) is 40.6 Å². The summed E-state index contributed by atoms with van der Waals surface area (Å²) in [6.45, 7) is 0. The first kappa shape index (κ1) is 12.2. The maximum atomic E-state index is 13.5. The highest BCUT2D eigenvalue weighted by Gasteiger charge is 2.21. The number of hydrogen-bond acceptors (Lipinski definition) is 3. The second-order valence-electron chi connectivity index (χ2n) is 4.24. The summed E-state index contributed by atoms with van der Waals surface area (Å²) in [5, 5.41) is 0.642. The average molecular weight is 329 g/mol. The fourth-order valence-corrected chi connectivity index (χ4v) is 3.66. The maximum Gasteiger partial charge on any atom is 0.258 e. The Bertz CT molecular complexity index is 667. The Kier molecular flexibility index (Phi) is 3.15. The summed E-state index contributed by atoms with van der Waals surface area (Å²) in [5.74, 6) is 1.35. The predicted molar refractivity (Wildman–Crippen MR) is 74.5 cm³/mol. The summed E-state index contributed by atoms with van der Waals surface area (Å²) in [6, 6.07) is 2.78. The molecule has 0 radical (unpaired) electrons. The van der Waals surface area contributed by atoms with Gasteiger partial charge in [0.05, 0.1) is 20.6 Å². The quantitative estimate of drug-likeness (QED) is 0.872. The van der Waals surface area contributed by atoms with E-state index in [1.807, 2.05) is 0 Å². The van der Waals surface area contributed by atoms with Crippen molar-refractivity contribution in [2.24, 2.45) is 0 Å². The van der Waals surface area contributed by atoms with Gasteiger partial charge in [0.15, 0.2) is 0 Å². The van der Waals surface area contributed by atoms with Crippen LogP contribution in [0.25, 0.3) is 10.9 Å². The summed E-state index contributed by atoms with van der Waals surface area (Å²) in [6.07, 6.45) is 2.14. The fraction of sp³-hybridized carbons (Fsp3) is 0.333. The highest BCUT2D eigenvalue weighted by molar-refractivity contribution is 9.10. The molecule has 0 saturated carbocycles. The van der Waals surface area contributed by atoms with Crippen molar-refractivity contribution < 1.29 is 4.39 Å². The zero-order chi connectivity index (χ0) is 12.7. The van der Waals surface area contributed by atoms with Crippen molar-refractivity contribution in [3.05, 3.63) is 38.6 Å². The SMILES string of the molecule is O=c1[nH]c(C2CCCS2)nc2cc(F)c(Br)cc12. The lowest BCUT2D eigenvalue weighted by Gasteiger charge is -2.08. The molecule has 2 aromatic rings. The molecule has 1 fully saturated rings. The van der Waals surface area contributed by atoms with E-state index in [0.717, 1.165) is 18.6 Å². The van der Waals surface area contributed by atoms with Crippen molar-refractivity contribution in [1.82, 2.24) is 9.97 Å². The lowest BCUT2D eigenvalue weighted by Crippen LogP contribution is -2.13. The average Bonchev–Trinajstić information content (AvgIpc) is 2.85. The first-order valence-electron chi connectivity index (χ1n) is 5.66. The summed E-state index contributed by atoms with van der Waals surface area (Å²) >= 11 is 4.86. The third-order valence-electron chi connectivity index (χ3n) is 3.00. The minimum absolute atomic E-state index is 0.205. The van der Waals surface area contributed by atoms with Crippen LogP contribution in [-0.4, -0.2) is 15.7 Å². The molecule has 94 valence electrons. The Balaban J connectivity index is 2.20. The van der Waals surface area contributed by atoms with Gasteiger partial charge in [-0.1, -0.05) is 0 Å². The van der Waals surface area contributed by atoms with E-state index in [0.29, 0.717) is 16.7 Å². The molecule has 0 bridgehead atoms. The number of benzene rings is 1. The molecule has 3 rings (SSSR count). The largest absolute Gasteiger partial charge is 0.309 e. The van der Waals surface area contributed by atoms with Crippen LogP contribution in [0.4, 0.5) is 4.39 Å². The zero-order valence-corrected chi connectivity index (χ0v) is 11.8. The van der Waals surface area contributed by atoms with E-state index in [1.165, 1.54) is 12.1 Å². The Hall–Kier alpha value is -0.880. The minimum atomic E-state index is -0.398. The Morgan fingerprint density at radius 3 is 3.06 bits per heavy atom. The molecule has 0 aliphatic carbocycles. The van der Waals surface area contributed by atoms with Crippen LogP contribution in [0, 0.1) is 5.82 Å². The van der Waals surface area contributed by atoms with Gasteiger partial charge in [-0.3, -0.25) is 4.79 Å². The smallest absolute Gasteiger partial charge is 0.258 e. The normalized spacial score (nSPS) is 19.6. The van der Waals surface area contributed by atoms with E-state index in [4.69, 9.17) is 0 Å². The molecular weight excluding hydrogens is 319 g/mol. The molecule has 0 amide bonds. The highest BCUT2D eigenvalue weighted by atomic mass is 79.9. The zero-order valence-electron chi connectivity index (χ0n) is 9.37. The summed E-state index contributed by atoms with van der Waals surface area (Å²) in [4.78, 5) is 19.2. The Morgan fingerprint density at radius 1 is 1.50 bits per heavy atom. The molecule has 3 nitrogen and oxygen atoms in total.